The number of benzene rings is 1. The van der Waals surface area contributed by atoms with Crippen molar-refractivity contribution in [1.82, 2.24) is 19.1 Å². The van der Waals surface area contributed by atoms with Gasteiger partial charge in [0.2, 0.25) is 0 Å². The predicted molar refractivity (Wildman–Crippen MR) is 118 cm³/mol. The molecule has 1 aromatic carbocycles. The second kappa shape index (κ2) is 9.14. The summed E-state index contributed by atoms with van der Waals surface area (Å²) in [6.45, 7) is 1.84. The minimum atomic E-state index is -4.41. The van der Waals surface area contributed by atoms with Crippen LogP contribution in [0, 0.1) is 6.92 Å². The van der Waals surface area contributed by atoms with Gasteiger partial charge in [0, 0.05) is 31.2 Å². The number of hydrogen-bond acceptors (Lipinski definition) is 5. The van der Waals surface area contributed by atoms with Gasteiger partial charge < -0.3 is 0 Å². The van der Waals surface area contributed by atoms with Crippen LogP contribution in [-0.4, -0.2) is 24.9 Å². The number of carbonyl (C=O) groups is 1. The molecule has 3 heterocycles. The van der Waals surface area contributed by atoms with E-state index in [1.54, 1.807) is 25.5 Å². The first-order valence-electron chi connectivity index (χ1n) is 10.1. The Morgan fingerprint density at radius 1 is 1.09 bits per heavy atom. The first-order chi connectivity index (χ1) is 15.7. The molecule has 10 heteroatoms. The van der Waals surface area contributed by atoms with Crippen molar-refractivity contribution in [1.29, 1.82) is 0 Å². The van der Waals surface area contributed by atoms with Crippen LogP contribution in [0.4, 0.5) is 13.2 Å². The number of halogens is 3. The summed E-state index contributed by atoms with van der Waals surface area (Å²) in [5.74, 6) is -0.0580. The molecule has 4 aromatic rings. The fourth-order valence-corrected chi connectivity index (χ4v) is 4.35. The molecule has 0 aliphatic heterocycles. The molecule has 170 valence electrons. The smallest absolute Gasteiger partial charge is 0.294 e. The van der Waals surface area contributed by atoms with Gasteiger partial charge >= 0.3 is 11.9 Å². The van der Waals surface area contributed by atoms with Gasteiger partial charge in [0.15, 0.2) is 10.9 Å². The SMILES string of the molecule is Cc1nc(-n2ccn(Cc3ccc(C(F)(F)F)cc3)c2=O)sc1C(=O)CCc1cccnc1. The van der Waals surface area contributed by atoms with E-state index >= 15 is 0 Å². The summed E-state index contributed by atoms with van der Waals surface area (Å²) in [5.41, 5.74) is 0.941. The van der Waals surface area contributed by atoms with Crippen molar-refractivity contribution in [2.45, 2.75) is 32.5 Å². The van der Waals surface area contributed by atoms with Crippen molar-refractivity contribution in [3.63, 3.8) is 0 Å². The van der Waals surface area contributed by atoms with Crippen molar-refractivity contribution >= 4 is 17.1 Å². The number of nitrogens with zero attached hydrogens (tertiary/aromatic N) is 4. The van der Waals surface area contributed by atoms with Gasteiger partial charge in [-0.3, -0.25) is 14.3 Å². The monoisotopic (exact) mass is 472 g/mol. The molecule has 0 unspecified atom stereocenters. The van der Waals surface area contributed by atoms with E-state index in [1.165, 1.54) is 27.5 Å². The summed E-state index contributed by atoms with van der Waals surface area (Å²) in [5, 5.41) is 0.369. The highest BCUT2D eigenvalue weighted by Crippen LogP contribution is 2.29. The number of ketones is 1. The third-order valence-corrected chi connectivity index (χ3v) is 6.29. The maximum atomic E-state index is 12.8. The average Bonchev–Trinajstić information content (AvgIpc) is 3.35. The van der Waals surface area contributed by atoms with Crippen LogP contribution in [0.15, 0.2) is 66.0 Å². The number of hydrogen-bond donors (Lipinski definition) is 0. The summed E-state index contributed by atoms with van der Waals surface area (Å²) in [6, 6.07) is 8.40. The number of alkyl halides is 3. The highest BCUT2D eigenvalue weighted by Gasteiger charge is 2.30. The quantitative estimate of drug-likeness (QED) is 0.366. The molecule has 0 radical (unpaired) electrons. The lowest BCUT2D eigenvalue weighted by molar-refractivity contribution is -0.137. The van der Waals surface area contributed by atoms with Crippen molar-refractivity contribution < 1.29 is 18.0 Å². The topological polar surface area (TPSA) is 69.8 Å². The van der Waals surface area contributed by atoms with Gasteiger partial charge in [-0.15, -0.1) is 0 Å². The normalized spacial score (nSPS) is 11.6. The molecule has 0 atom stereocenters. The van der Waals surface area contributed by atoms with E-state index in [2.05, 4.69) is 9.97 Å². The van der Waals surface area contributed by atoms with Crippen LogP contribution >= 0.6 is 11.3 Å². The summed E-state index contributed by atoms with van der Waals surface area (Å²) in [7, 11) is 0. The van der Waals surface area contributed by atoms with E-state index < -0.39 is 17.4 Å². The van der Waals surface area contributed by atoms with E-state index in [0.717, 1.165) is 29.0 Å². The highest BCUT2D eigenvalue weighted by molar-refractivity contribution is 7.16. The predicted octanol–water partition coefficient (Wildman–Crippen LogP) is 4.68. The first-order valence-corrected chi connectivity index (χ1v) is 10.9. The number of aryl methyl sites for hydroxylation is 2. The summed E-state index contributed by atoms with van der Waals surface area (Å²) in [4.78, 5) is 34.4. The van der Waals surface area contributed by atoms with Gasteiger partial charge in [-0.05, 0) is 42.7 Å². The Kier molecular flexibility index (Phi) is 6.28. The van der Waals surface area contributed by atoms with E-state index in [0.29, 0.717) is 34.1 Å². The van der Waals surface area contributed by atoms with Crippen LogP contribution in [0.1, 0.15) is 38.5 Å². The Bertz CT molecular complexity index is 1320. The molecule has 0 bridgehead atoms. The fraction of sp³-hybridized carbons (Fsp3) is 0.217. The molecule has 0 amide bonds. The molecule has 0 aliphatic rings. The Labute approximate surface area is 191 Å². The van der Waals surface area contributed by atoms with E-state index in [4.69, 9.17) is 0 Å². The summed E-state index contributed by atoms with van der Waals surface area (Å²) >= 11 is 1.14. The number of carbonyl (C=O) groups excluding carboxylic acids is 1. The summed E-state index contributed by atoms with van der Waals surface area (Å²) < 4.78 is 40.9. The lowest BCUT2D eigenvalue weighted by atomic mass is 10.1. The molecule has 6 nitrogen and oxygen atoms in total. The zero-order chi connectivity index (χ0) is 23.6. The van der Waals surface area contributed by atoms with Crippen LogP contribution in [0.5, 0.6) is 0 Å². The van der Waals surface area contributed by atoms with Gasteiger partial charge in [0.1, 0.15) is 0 Å². The van der Waals surface area contributed by atoms with E-state index in [9.17, 15) is 22.8 Å². The Morgan fingerprint density at radius 2 is 1.85 bits per heavy atom. The highest BCUT2D eigenvalue weighted by atomic mass is 32.1. The Hall–Kier alpha value is -3.53. The molecule has 0 N–H and O–H groups in total. The number of pyridine rings is 1. The number of thiazole rings is 1. The lowest BCUT2D eigenvalue weighted by Gasteiger charge is -2.07. The summed E-state index contributed by atoms with van der Waals surface area (Å²) in [6.07, 6.45) is 2.92. The maximum absolute atomic E-state index is 12.8. The van der Waals surface area contributed by atoms with Crippen LogP contribution < -0.4 is 5.69 Å². The van der Waals surface area contributed by atoms with Crippen molar-refractivity contribution in [3.8, 4) is 5.13 Å². The zero-order valence-corrected chi connectivity index (χ0v) is 18.4. The van der Waals surface area contributed by atoms with E-state index in [-0.39, 0.29) is 12.3 Å². The van der Waals surface area contributed by atoms with Gasteiger partial charge in [-0.25, -0.2) is 14.3 Å². The first kappa shape index (κ1) is 22.7. The lowest BCUT2D eigenvalue weighted by Crippen LogP contribution is -2.23. The minimum absolute atomic E-state index is 0.0580. The second-order valence-corrected chi connectivity index (χ2v) is 8.45. The third kappa shape index (κ3) is 5.11. The maximum Gasteiger partial charge on any atom is 0.416 e. The van der Waals surface area contributed by atoms with Crippen molar-refractivity contribution in [2.24, 2.45) is 0 Å². The van der Waals surface area contributed by atoms with Crippen LogP contribution in [0.3, 0.4) is 0 Å². The number of aromatic nitrogens is 4. The molecule has 0 saturated carbocycles. The fourth-order valence-electron chi connectivity index (χ4n) is 3.34. The molecule has 4 rings (SSSR count). The second-order valence-electron chi connectivity index (χ2n) is 7.47. The number of rotatable bonds is 7. The van der Waals surface area contributed by atoms with Crippen molar-refractivity contribution in [3.05, 3.63) is 98.9 Å². The molecule has 0 aliphatic carbocycles. The zero-order valence-electron chi connectivity index (χ0n) is 17.5. The molecule has 0 saturated heterocycles. The van der Waals surface area contributed by atoms with E-state index in [1.807, 2.05) is 12.1 Å². The standard InChI is InChI=1S/C23H19F3N4O2S/c1-15-20(19(31)9-6-16-3-2-10-27-13-16)33-21(28-15)30-12-11-29(22(30)32)14-17-4-7-18(8-5-17)23(24,25)26/h2-5,7-8,10-13H,6,9,14H2,1H3. The minimum Gasteiger partial charge on any atom is -0.294 e. The molecular weight excluding hydrogens is 453 g/mol. The third-order valence-electron chi connectivity index (χ3n) is 5.09. The van der Waals surface area contributed by atoms with Crippen molar-refractivity contribution in [2.75, 3.05) is 0 Å². The largest absolute Gasteiger partial charge is 0.416 e. The van der Waals surface area contributed by atoms with Gasteiger partial charge in [0.25, 0.3) is 0 Å². The number of imidazole rings is 1. The molecule has 0 spiro atoms. The Balaban J connectivity index is 1.49. The Morgan fingerprint density at radius 3 is 2.52 bits per heavy atom. The molecular formula is C23H19F3N4O2S. The molecule has 33 heavy (non-hydrogen) atoms. The molecule has 0 fully saturated rings. The van der Waals surface area contributed by atoms with Gasteiger partial charge in [-0.1, -0.05) is 29.5 Å². The molecule has 3 aromatic heterocycles. The average molecular weight is 472 g/mol. The van der Waals surface area contributed by atoms with Crippen LogP contribution in [0.25, 0.3) is 5.13 Å². The van der Waals surface area contributed by atoms with Crippen LogP contribution in [0.2, 0.25) is 0 Å². The van der Waals surface area contributed by atoms with Gasteiger partial charge in [0.05, 0.1) is 22.7 Å². The number of Topliss-reactive ketones (excluding diaryl/α,β-unsaturated/α-hetero) is 1. The van der Waals surface area contributed by atoms with Crippen LogP contribution in [-0.2, 0) is 19.1 Å². The van der Waals surface area contributed by atoms with Gasteiger partial charge in [-0.2, -0.15) is 13.2 Å².